The first-order valence-electron chi connectivity index (χ1n) is 11.8. The van der Waals surface area contributed by atoms with E-state index in [1.807, 2.05) is 50.2 Å². The molecule has 8 nitrogen and oxygen atoms in total. The van der Waals surface area contributed by atoms with E-state index in [0.717, 1.165) is 27.9 Å². The van der Waals surface area contributed by atoms with Gasteiger partial charge in [0, 0.05) is 36.8 Å². The van der Waals surface area contributed by atoms with Gasteiger partial charge in [-0.05, 0) is 60.9 Å². The average molecular weight is 500 g/mol. The first kappa shape index (κ1) is 25.0. The fourth-order valence-electron chi connectivity index (χ4n) is 4.86. The number of carbonyl (C=O) groups excluding carboxylic acids is 2. The smallest absolute Gasteiger partial charge is 0.410 e. The van der Waals surface area contributed by atoms with E-state index >= 15 is 0 Å². The molecule has 2 aliphatic rings. The van der Waals surface area contributed by atoms with Crippen LogP contribution >= 0.6 is 11.6 Å². The van der Waals surface area contributed by atoms with Gasteiger partial charge in [-0.1, -0.05) is 41.9 Å². The summed E-state index contributed by atoms with van der Waals surface area (Å²) in [5.41, 5.74) is 4.29. The summed E-state index contributed by atoms with van der Waals surface area (Å²) in [5.74, 6) is -1.21. The maximum Gasteiger partial charge on any atom is 0.410 e. The maximum absolute atomic E-state index is 12.8. The summed E-state index contributed by atoms with van der Waals surface area (Å²) >= 11 is 6.21. The minimum absolute atomic E-state index is 0.0586. The fourth-order valence-corrected chi connectivity index (χ4v) is 4.97. The van der Waals surface area contributed by atoms with Crippen molar-refractivity contribution in [3.05, 3.63) is 63.7 Å². The molecule has 2 aromatic rings. The van der Waals surface area contributed by atoms with E-state index in [-0.39, 0.29) is 24.3 Å². The van der Waals surface area contributed by atoms with Crippen LogP contribution in [-0.2, 0) is 27.3 Å². The summed E-state index contributed by atoms with van der Waals surface area (Å²) < 4.78 is 5.39. The van der Waals surface area contributed by atoms with Crippen molar-refractivity contribution in [3.63, 3.8) is 0 Å². The number of carbonyl (C=O) groups is 3. The number of fused-ring (bicyclic) bond motifs is 1. The molecule has 4 rings (SSSR count). The van der Waals surface area contributed by atoms with Crippen LogP contribution in [0.2, 0.25) is 5.02 Å². The number of anilines is 1. The maximum atomic E-state index is 12.8. The lowest BCUT2D eigenvalue weighted by molar-refractivity contribution is -0.147. The molecule has 0 bridgehead atoms. The molecule has 2 unspecified atom stereocenters. The van der Waals surface area contributed by atoms with Gasteiger partial charge in [0.25, 0.3) is 0 Å². The van der Waals surface area contributed by atoms with E-state index in [1.54, 1.807) is 0 Å². The Hall–Kier alpha value is -3.10. The lowest BCUT2D eigenvalue weighted by Gasteiger charge is -2.35. The van der Waals surface area contributed by atoms with Crippen LogP contribution in [0.1, 0.15) is 35.1 Å². The molecule has 3 N–H and O–H groups in total. The topological polar surface area (TPSA) is 108 Å². The van der Waals surface area contributed by atoms with Gasteiger partial charge in [0.2, 0.25) is 12.0 Å². The van der Waals surface area contributed by atoms with Gasteiger partial charge in [0.05, 0.1) is 6.04 Å². The molecule has 0 radical (unpaired) electrons. The van der Waals surface area contributed by atoms with Gasteiger partial charge in [-0.15, -0.1) is 0 Å². The molecule has 186 valence electrons. The van der Waals surface area contributed by atoms with Crippen LogP contribution in [0.15, 0.2) is 36.4 Å². The predicted octanol–water partition coefficient (Wildman–Crippen LogP) is 3.91. The largest absolute Gasteiger partial charge is 0.478 e. The number of nitrogens with one attached hydrogen (secondary N) is 2. The predicted molar refractivity (Wildman–Crippen MR) is 133 cm³/mol. The van der Waals surface area contributed by atoms with Crippen molar-refractivity contribution in [1.29, 1.82) is 0 Å². The number of hydrogen-bond donors (Lipinski definition) is 3. The van der Waals surface area contributed by atoms with Gasteiger partial charge in [-0.25, -0.2) is 9.59 Å². The number of nitrogens with zero attached hydrogens (tertiary/aromatic N) is 1. The van der Waals surface area contributed by atoms with Crippen LogP contribution in [0.4, 0.5) is 10.5 Å². The van der Waals surface area contributed by atoms with Gasteiger partial charge < -0.3 is 25.4 Å². The Bertz CT molecular complexity index is 1110. The third kappa shape index (κ3) is 5.77. The first-order chi connectivity index (χ1) is 16.7. The number of benzene rings is 2. The fraction of sp³-hybridized carbons (Fsp3) is 0.423. The van der Waals surface area contributed by atoms with Crippen molar-refractivity contribution >= 4 is 35.3 Å². The number of hydrogen-bond acceptors (Lipinski definition) is 5. The number of carboxylic acid groups (broad SMARTS) is 1. The number of aryl methyl sites for hydroxylation is 2. The zero-order valence-corrected chi connectivity index (χ0v) is 20.6. The molecule has 9 heteroatoms. The molecule has 0 aliphatic carbocycles. The van der Waals surface area contributed by atoms with E-state index in [1.165, 1.54) is 4.90 Å². The molecule has 2 aromatic carbocycles. The van der Waals surface area contributed by atoms with Crippen LogP contribution in [0.3, 0.4) is 0 Å². The number of halogens is 1. The SMILES string of the molecule is Cc1cc(CC(OC(=O)N2CCC(C3NCc4ccccc4NC3=O)CC2)C(=O)O)cc(C)c1Cl. The highest BCUT2D eigenvalue weighted by Crippen LogP contribution is 2.27. The highest BCUT2D eigenvalue weighted by molar-refractivity contribution is 6.32. The number of para-hydroxylation sites is 1. The molecule has 2 aliphatic heterocycles. The Balaban J connectivity index is 1.33. The third-order valence-corrected chi connectivity index (χ3v) is 7.37. The lowest BCUT2D eigenvalue weighted by atomic mass is 9.89. The van der Waals surface area contributed by atoms with Crippen molar-refractivity contribution < 1.29 is 24.2 Å². The van der Waals surface area contributed by atoms with Gasteiger partial charge in [0.1, 0.15) is 0 Å². The Morgan fingerprint density at radius 1 is 1.17 bits per heavy atom. The van der Waals surface area contributed by atoms with E-state index in [2.05, 4.69) is 10.6 Å². The van der Waals surface area contributed by atoms with Gasteiger partial charge in [0.15, 0.2) is 0 Å². The van der Waals surface area contributed by atoms with E-state index in [0.29, 0.717) is 37.5 Å². The van der Waals surface area contributed by atoms with Crippen molar-refractivity contribution in [2.45, 2.75) is 51.8 Å². The minimum Gasteiger partial charge on any atom is -0.478 e. The van der Waals surface area contributed by atoms with Gasteiger partial charge >= 0.3 is 12.1 Å². The Kier molecular flexibility index (Phi) is 7.62. The minimum atomic E-state index is -1.30. The second kappa shape index (κ2) is 10.7. The molecule has 0 aromatic heterocycles. The number of rotatable bonds is 5. The Morgan fingerprint density at radius 2 is 1.83 bits per heavy atom. The zero-order chi connectivity index (χ0) is 25.1. The molecule has 1 saturated heterocycles. The summed E-state index contributed by atoms with van der Waals surface area (Å²) in [6.45, 7) is 5.09. The molecule has 0 saturated carbocycles. The molecule has 0 spiro atoms. The summed E-state index contributed by atoms with van der Waals surface area (Å²) in [6.07, 6.45) is -0.659. The highest BCUT2D eigenvalue weighted by Gasteiger charge is 2.35. The van der Waals surface area contributed by atoms with E-state index in [4.69, 9.17) is 16.3 Å². The standard InChI is InChI=1S/C26H30ClN3O5/c1-15-11-17(12-16(2)22(15)27)13-21(25(32)33)35-26(34)30-9-7-18(8-10-30)23-24(31)29-20-6-4-3-5-19(20)14-28-23/h3-6,11-12,18,21,23,28H,7-10,13-14H2,1-2H3,(H,29,31)(H,32,33). The first-order valence-corrected chi connectivity index (χ1v) is 12.2. The lowest BCUT2D eigenvalue weighted by Crippen LogP contribution is -2.49. The third-order valence-electron chi connectivity index (χ3n) is 6.78. The zero-order valence-electron chi connectivity index (χ0n) is 19.8. The number of ether oxygens (including phenoxy) is 1. The average Bonchev–Trinajstić information content (AvgIpc) is 3.00. The number of carboxylic acids is 1. The Morgan fingerprint density at radius 3 is 2.49 bits per heavy atom. The van der Waals surface area contributed by atoms with Crippen LogP contribution in [0.5, 0.6) is 0 Å². The molecule has 2 atom stereocenters. The highest BCUT2D eigenvalue weighted by atomic mass is 35.5. The molecule has 1 fully saturated rings. The number of likely N-dealkylation sites (tertiary alicyclic amines) is 1. The van der Waals surface area contributed by atoms with Gasteiger partial charge in [-0.2, -0.15) is 0 Å². The van der Waals surface area contributed by atoms with Gasteiger partial charge in [-0.3, -0.25) is 4.79 Å². The molecule has 2 heterocycles. The van der Waals surface area contributed by atoms with Crippen molar-refractivity contribution in [2.75, 3.05) is 18.4 Å². The molecular weight excluding hydrogens is 470 g/mol. The Labute approximate surface area is 209 Å². The van der Waals surface area contributed by atoms with Crippen LogP contribution in [-0.4, -0.2) is 53.2 Å². The summed E-state index contributed by atoms with van der Waals surface area (Å²) in [5, 5.41) is 16.6. The molecule has 2 amide bonds. The van der Waals surface area contributed by atoms with Crippen molar-refractivity contribution in [3.8, 4) is 0 Å². The molecule has 35 heavy (non-hydrogen) atoms. The summed E-state index contributed by atoms with van der Waals surface area (Å²) in [7, 11) is 0. The summed E-state index contributed by atoms with van der Waals surface area (Å²) in [4.78, 5) is 38.9. The summed E-state index contributed by atoms with van der Waals surface area (Å²) in [6, 6.07) is 11.0. The van der Waals surface area contributed by atoms with E-state index < -0.39 is 18.2 Å². The number of amides is 2. The quantitative estimate of drug-likeness (QED) is 0.575. The number of aliphatic carboxylic acids is 1. The van der Waals surface area contributed by atoms with Crippen molar-refractivity contribution in [1.82, 2.24) is 10.2 Å². The van der Waals surface area contributed by atoms with Crippen molar-refractivity contribution in [2.24, 2.45) is 5.92 Å². The van der Waals surface area contributed by atoms with Crippen LogP contribution in [0, 0.1) is 19.8 Å². The van der Waals surface area contributed by atoms with E-state index in [9.17, 15) is 19.5 Å². The normalized spacial score (nSPS) is 19.3. The monoisotopic (exact) mass is 499 g/mol. The second-order valence-electron chi connectivity index (χ2n) is 9.29. The second-order valence-corrected chi connectivity index (χ2v) is 9.67. The van der Waals surface area contributed by atoms with Crippen LogP contribution in [0.25, 0.3) is 0 Å². The molecular formula is C26H30ClN3O5. The van der Waals surface area contributed by atoms with Crippen LogP contribution < -0.4 is 10.6 Å². The number of piperidine rings is 1.